The Morgan fingerprint density at radius 1 is 1.12 bits per heavy atom. The molecule has 0 aromatic rings. The number of hydrogen-bond donors (Lipinski definition) is 1. The van der Waals surface area contributed by atoms with Crippen molar-refractivity contribution in [1.29, 1.82) is 0 Å². The number of hydrogen-bond acceptors (Lipinski definition) is 4. The smallest absolute Gasteiger partial charge is 0.409 e. The van der Waals surface area contributed by atoms with E-state index in [2.05, 4.69) is 29.0 Å². The lowest BCUT2D eigenvalue weighted by Crippen LogP contribution is -2.54. The van der Waals surface area contributed by atoms with Crippen LogP contribution in [0.3, 0.4) is 0 Å². The second-order valence-corrected chi connectivity index (χ2v) is 6.42. The first-order valence-electron chi connectivity index (χ1n) is 9.35. The minimum Gasteiger partial charge on any atom is -0.450 e. The summed E-state index contributed by atoms with van der Waals surface area (Å²) < 4.78 is 5.08. The molecule has 24 heavy (non-hydrogen) atoms. The van der Waals surface area contributed by atoms with Gasteiger partial charge in [-0.15, -0.1) is 0 Å². The molecule has 7 heteroatoms. The van der Waals surface area contributed by atoms with Crippen molar-refractivity contribution in [3.05, 3.63) is 0 Å². The van der Waals surface area contributed by atoms with Gasteiger partial charge in [0.05, 0.1) is 6.61 Å². The van der Waals surface area contributed by atoms with Crippen molar-refractivity contribution >= 4 is 12.1 Å². The van der Waals surface area contributed by atoms with E-state index < -0.39 is 0 Å². The summed E-state index contributed by atoms with van der Waals surface area (Å²) >= 11 is 0. The maximum absolute atomic E-state index is 11.8. The molecule has 2 aliphatic heterocycles. The van der Waals surface area contributed by atoms with Crippen LogP contribution in [-0.4, -0.2) is 92.3 Å². The van der Waals surface area contributed by atoms with Gasteiger partial charge < -0.3 is 24.8 Å². The predicted molar refractivity (Wildman–Crippen MR) is 96.4 cm³/mol. The van der Waals surface area contributed by atoms with E-state index in [1.165, 1.54) is 13.0 Å². The lowest BCUT2D eigenvalue weighted by atomic mass is 10.1. The normalized spacial score (nSPS) is 22.8. The third kappa shape index (κ3) is 5.26. The Labute approximate surface area is 146 Å². The molecular weight excluding hydrogens is 306 g/mol. The standard InChI is InChI=1S/C17H33N5O2/c1-4-18-16(19-13-15-7-8-20(5-2)14-15)21-9-11-22(12-10-21)17(23)24-6-3/h15H,4-14H2,1-3H3,(H,18,19). The van der Waals surface area contributed by atoms with Crippen molar-refractivity contribution in [3.8, 4) is 0 Å². The molecule has 0 radical (unpaired) electrons. The molecule has 1 unspecified atom stereocenters. The Morgan fingerprint density at radius 3 is 2.42 bits per heavy atom. The summed E-state index contributed by atoms with van der Waals surface area (Å²) in [6.45, 7) is 14.8. The number of piperazine rings is 1. The Balaban J connectivity index is 1.84. The van der Waals surface area contributed by atoms with Crippen molar-refractivity contribution in [2.45, 2.75) is 27.2 Å². The van der Waals surface area contributed by atoms with Gasteiger partial charge in [-0.3, -0.25) is 4.99 Å². The third-order valence-electron chi connectivity index (χ3n) is 4.76. The summed E-state index contributed by atoms with van der Waals surface area (Å²) in [5.74, 6) is 1.65. The second-order valence-electron chi connectivity index (χ2n) is 6.42. The van der Waals surface area contributed by atoms with E-state index >= 15 is 0 Å². The minimum atomic E-state index is -0.204. The van der Waals surface area contributed by atoms with Crippen molar-refractivity contribution in [1.82, 2.24) is 20.0 Å². The van der Waals surface area contributed by atoms with E-state index in [4.69, 9.17) is 9.73 Å². The zero-order valence-electron chi connectivity index (χ0n) is 15.5. The highest BCUT2D eigenvalue weighted by atomic mass is 16.6. The molecular formula is C17H33N5O2. The Morgan fingerprint density at radius 2 is 1.83 bits per heavy atom. The van der Waals surface area contributed by atoms with Crippen LogP contribution in [0.1, 0.15) is 27.2 Å². The van der Waals surface area contributed by atoms with Gasteiger partial charge in [0.25, 0.3) is 0 Å². The Hall–Kier alpha value is -1.50. The molecule has 1 N–H and O–H groups in total. The fourth-order valence-corrected chi connectivity index (χ4v) is 3.31. The molecule has 1 atom stereocenters. The Kier molecular flexibility index (Phi) is 7.62. The van der Waals surface area contributed by atoms with E-state index in [1.54, 1.807) is 4.90 Å². The van der Waals surface area contributed by atoms with Gasteiger partial charge in [-0.1, -0.05) is 6.92 Å². The highest BCUT2D eigenvalue weighted by Gasteiger charge is 2.25. The highest BCUT2D eigenvalue weighted by molar-refractivity contribution is 5.80. The van der Waals surface area contributed by atoms with Gasteiger partial charge in [-0.2, -0.15) is 0 Å². The second kappa shape index (κ2) is 9.71. The van der Waals surface area contributed by atoms with Gasteiger partial charge in [0, 0.05) is 45.8 Å². The molecule has 0 aromatic carbocycles. The van der Waals surface area contributed by atoms with Crippen LogP contribution < -0.4 is 5.32 Å². The van der Waals surface area contributed by atoms with E-state index in [0.717, 1.165) is 45.2 Å². The fraction of sp³-hybridized carbons (Fsp3) is 0.882. The number of aliphatic imine (C=N–C) groups is 1. The number of likely N-dealkylation sites (tertiary alicyclic amines) is 1. The third-order valence-corrected chi connectivity index (χ3v) is 4.76. The molecule has 2 heterocycles. The van der Waals surface area contributed by atoms with Crippen LogP contribution in [0.25, 0.3) is 0 Å². The zero-order chi connectivity index (χ0) is 17.4. The minimum absolute atomic E-state index is 0.204. The number of rotatable bonds is 5. The zero-order valence-corrected chi connectivity index (χ0v) is 15.5. The van der Waals surface area contributed by atoms with Gasteiger partial charge in [-0.25, -0.2) is 4.79 Å². The number of nitrogens with one attached hydrogen (secondary N) is 1. The average molecular weight is 339 g/mol. The molecule has 0 saturated carbocycles. The van der Waals surface area contributed by atoms with Crippen molar-refractivity contribution in [2.75, 3.05) is 65.5 Å². The van der Waals surface area contributed by atoms with Crippen LogP contribution in [0.4, 0.5) is 4.79 Å². The molecule has 2 aliphatic rings. The number of amides is 1. The molecule has 1 amide bonds. The highest BCUT2D eigenvalue weighted by Crippen LogP contribution is 2.16. The molecule has 0 bridgehead atoms. The number of carbonyl (C=O) groups excluding carboxylic acids is 1. The quantitative estimate of drug-likeness (QED) is 0.600. The summed E-state index contributed by atoms with van der Waals surface area (Å²) in [7, 11) is 0. The topological polar surface area (TPSA) is 60.4 Å². The van der Waals surface area contributed by atoms with Gasteiger partial charge in [0.2, 0.25) is 0 Å². The van der Waals surface area contributed by atoms with Crippen molar-refractivity contribution < 1.29 is 9.53 Å². The predicted octanol–water partition coefficient (Wildman–Crippen LogP) is 1.07. The summed E-state index contributed by atoms with van der Waals surface area (Å²) in [5, 5.41) is 3.40. The van der Waals surface area contributed by atoms with Crippen molar-refractivity contribution in [3.63, 3.8) is 0 Å². The van der Waals surface area contributed by atoms with Crippen LogP contribution >= 0.6 is 0 Å². The van der Waals surface area contributed by atoms with Gasteiger partial charge in [-0.05, 0) is 39.3 Å². The maximum Gasteiger partial charge on any atom is 0.409 e. The monoisotopic (exact) mass is 339 g/mol. The molecule has 138 valence electrons. The van der Waals surface area contributed by atoms with Crippen molar-refractivity contribution in [2.24, 2.45) is 10.9 Å². The molecule has 0 aliphatic carbocycles. The van der Waals surface area contributed by atoms with Gasteiger partial charge >= 0.3 is 6.09 Å². The first-order chi connectivity index (χ1) is 11.7. The van der Waals surface area contributed by atoms with Crippen LogP contribution in [0.15, 0.2) is 4.99 Å². The molecule has 2 rings (SSSR count). The molecule has 0 aromatic heterocycles. The van der Waals surface area contributed by atoms with Crippen LogP contribution in [-0.2, 0) is 4.74 Å². The number of nitrogens with zero attached hydrogens (tertiary/aromatic N) is 4. The van der Waals surface area contributed by atoms with Crippen LogP contribution in [0, 0.1) is 5.92 Å². The van der Waals surface area contributed by atoms with E-state index in [-0.39, 0.29) is 6.09 Å². The average Bonchev–Trinajstić information content (AvgIpc) is 3.07. The molecule has 2 saturated heterocycles. The largest absolute Gasteiger partial charge is 0.450 e. The fourth-order valence-electron chi connectivity index (χ4n) is 3.31. The SMILES string of the molecule is CCNC(=NCC1CCN(CC)C1)N1CCN(C(=O)OCC)CC1. The maximum atomic E-state index is 11.8. The van der Waals surface area contributed by atoms with E-state index in [9.17, 15) is 4.79 Å². The molecule has 7 nitrogen and oxygen atoms in total. The lowest BCUT2D eigenvalue weighted by Gasteiger charge is -2.36. The number of ether oxygens (including phenoxy) is 1. The van der Waals surface area contributed by atoms with Crippen LogP contribution in [0.5, 0.6) is 0 Å². The van der Waals surface area contributed by atoms with Gasteiger partial charge in [0.15, 0.2) is 5.96 Å². The Bertz CT molecular complexity index is 421. The van der Waals surface area contributed by atoms with E-state index in [1.807, 2.05) is 6.92 Å². The summed E-state index contributed by atoms with van der Waals surface area (Å²) in [5.41, 5.74) is 0. The first kappa shape index (κ1) is 18.8. The molecule has 0 spiro atoms. The number of guanidine groups is 1. The van der Waals surface area contributed by atoms with Crippen LogP contribution in [0.2, 0.25) is 0 Å². The van der Waals surface area contributed by atoms with Gasteiger partial charge in [0.1, 0.15) is 0 Å². The number of carbonyl (C=O) groups is 1. The summed E-state index contributed by atoms with van der Waals surface area (Å²) in [4.78, 5) is 23.2. The molecule has 2 fully saturated rings. The lowest BCUT2D eigenvalue weighted by molar-refractivity contribution is 0.0914. The summed E-state index contributed by atoms with van der Waals surface area (Å²) in [6.07, 6.45) is 1.04. The van der Waals surface area contributed by atoms with E-state index in [0.29, 0.717) is 25.6 Å². The summed E-state index contributed by atoms with van der Waals surface area (Å²) in [6, 6.07) is 0. The first-order valence-corrected chi connectivity index (χ1v) is 9.35.